The number of ether oxygens (including phenoxy) is 1. The molecule has 0 aliphatic rings. The van der Waals surface area contributed by atoms with Crippen LogP contribution in [0.1, 0.15) is 11.3 Å². The van der Waals surface area contributed by atoms with Gasteiger partial charge in [0.1, 0.15) is 17.5 Å². The summed E-state index contributed by atoms with van der Waals surface area (Å²) in [7, 11) is 0. The van der Waals surface area contributed by atoms with E-state index in [1.807, 2.05) is 6.07 Å². The largest absolute Gasteiger partial charge is 0.448 e. The van der Waals surface area contributed by atoms with Gasteiger partial charge in [-0.15, -0.1) is 0 Å². The lowest BCUT2D eigenvalue weighted by Crippen LogP contribution is -1.96. The van der Waals surface area contributed by atoms with Gasteiger partial charge in [-0.3, -0.25) is 10.1 Å². The van der Waals surface area contributed by atoms with Gasteiger partial charge in [0.25, 0.3) is 0 Å². The highest BCUT2D eigenvalue weighted by molar-refractivity contribution is 9.10. The Hall–Kier alpha value is -2.46. The third-order valence-electron chi connectivity index (χ3n) is 2.49. The van der Waals surface area contributed by atoms with Crippen molar-refractivity contribution in [1.82, 2.24) is 4.98 Å². The van der Waals surface area contributed by atoms with Crippen molar-refractivity contribution in [2.45, 2.75) is 6.92 Å². The van der Waals surface area contributed by atoms with E-state index in [4.69, 9.17) is 10.00 Å². The minimum absolute atomic E-state index is 0.138. The summed E-state index contributed by atoms with van der Waals surface area (Å²) in [6.45, 7) is 1.71. The van der Waals surface area contributed by atoms with Gasteiger partial charge < -0.3 is 4.74 Å². The van der Waals surface area contributed by atoms with Gasteiger partial charge in [-0.1, -0.05) is 15.9 Å². The lowest BCUT2D eigenvalue weighted by molar-refractivity contribution is -0.385. The summed E-state index contributed by atoms with van der Waals surface area (Å²) in [5.41, 5.74) is 0.732. The normalized spacial score (nSPS) is 9.85. The first-order valence-electron chi connectivity index (χ1n) is 5.50. The van der Waals surface area contributed by atoms with E-state index in [0.29, 0.717) is 15.8 Å². The van der Waals surface area contributed by atoms with Crippen LogP contribution in [-0.4, -0.2) is 9.91 Å². The molecule has 0 bridgehead atoms. The number of aromatic nitrogens is 1. The maximum atomic E-state index is 11.1. The highest BCUT2D eigenvalue weighted by Crippen LogP contribution is 2.36. The number of rotatable bonds is 3. The number of pyridine rings is 1. The van der Waals surface area contributed by atoms with Gasteiger partial charge in [-0.05, 0) is 30.7 Å². The first-order valence-corrected chi connectivity index (χ1v) is 6.29. The molecule has 100 valence electrons. The second kappa shape index (κ2) is 5.67. The second-order valence-electron chi connectivity index (χ2n) is 3.92. The summed E-state index contributed by atoms with van der Waals surface area (Å²) in [5.74, 6) is 0.488. The van der Waals surface area contributed by atoms with E-state index >= 15 is 0 Å². The molecule has 0 aliphatic heterocycles. The molecule has 0 N–H and O–H groups in total. The average Bonchev–Trinajstić information content (AvgIpc) is 2.42. The van der Waals surface area contributed by atoms with Crippen molar-refractivity contribution < 1.29 is 9.66 Å². The third-order valence-corrected chi connectivity index (χ3v) is 2.95. The number of aryl methyl sites for hydroxylation is 1. The van der Waals surface area contributed by atoms with Gasteiger partial charge in [0, 0.05) is 10.5 Å². The number of halogens is 1. The minimum atomic E-state index is -0.510. The van der Waals surface area contributed by atoms with E-state index in [-0.39, 0.29) is 17.1 Å². The fraction of sp³-hybridized carbons (Fsp3) is 0.0769. The van der Waals surface area contributed by atoms with Crippen molar-refractivity contribution >= 4 is 21.6 Å². The van der Waals surface area contributed by atoms with Crippen LogP contribution in [0.4, 0.5) is 5.69 Å². The van der Waals surface area contributed by atoms with Crippen LogP contribution >= 0.6 is 15.9 Å². The molecule has 0 saturated heterocycles. The number of nitro groups is 1. The summed E-state index contributed by atoms with van der Waals surface area (Å²) in [6, 6.07) is 8.00. The van der Waals surface area contributed by atoms with Crippen LogP contribution in [0.25, 0.3) is 0 Å². The fourth-order valence-corrected chi connectivity index (χ4v) is 2.17. The highest BCUT2D eigenvalue weighted by atomic mass is 79.9. The maximum absolute atomic E-state index is 11.1. The van der Waals surface area contributed by atoms with Gasteiger partial charge in [-0.2, -0.15) is 5.26 Å². The number of nitriles is 1. The quantitative estimate of drug-likeness (QED) is 0.630. The Balaban J connectivity index is 2.42. The van der Waals surface area contributed by atoms with Crippen LogP contribution < -0.4 is 4.74 Å². The molecule has 6 nitrogen and oxygen atoms in total. The second-order valence-corrected chi connectivity index (χ2v) is 4.84. The third kappa shape index (κ3) is 2.92. The molecule has 0 radical (unpaired) electrons. The molecule has 1 aromatic heterocycles. The average molecular weight is 334 g/mol. The first-order chi connectivity index (χ1) is 9.51. The Kier molecular flexibility index (Phi) is 3.96. The van der Waals surface area contributed by atoms with Crippen molar-refractivity contribution in [2.75, 3.05) is 0 Å². The highest BCUT2D eigenvalue weighted by Gasteiger charge is 2.19. The van der Waals surface area contributed by atoms with E-state index in [1.54, 1.807) is 13.0 Å². The number of hydrogen-bond acceptors (Lipinski definition) is 5. The van der Waals surface area contributed by atoms with Crippen molar-refractivity contribution in [1.29, 1.82) is 5.26 Å². The zero-order valence-corrected chi connectivity index (χ0v) is 11.9. The topological polar surface area (TPSA) is 89.0 Å². The summed E-state index contributed by atoms with van der Waals surface area (Å²) in [4.78, 5) is 14.4. The molecule has 0 saturated carbocycles. The van der Waals surface area contributed by atoms with Crippen LogP contribution in [0.5, 0.6) is 11.5 Å². The summed E-state index contributed by atoms with van der Waals surface area (Å²) < 4.78 is 6.13. The summed E-state index contributed by atoms with van der Waals surface area (Å²) >= 11 is 3.21. The fourth-order valence-electron chi connectivity index (χ4n) is 1.61. The standard InChI is InChI=1S/C13H8BrN3O3/c1-8-4-9(14)5-12(17(18)19)13(8)20-11-3-2-10(6-15)16-7-11/h2-5,7H,1H3. The molecule has 2 aromatic rings. The molecule has 20 heavy (non-hydrogen) atoms. The molecule has 1 aromatic carbocycles. The smallest absolute Gasteiger partial charge is 0.312 e. The van der Waals surface area contributed by atoms with E-state index in [1.165, 1.54) is 24.4 Å². The number of nitrogens with zero attached hydrogens (tertiary/aromatic N) is 3. The molecular formula is C13H8BrN3O3. The first kappa shape index (κ1) is 14.0. The Morgan fingerprint density at radius 1 is 1.45 bits per heavy atom. The van der Waals surface area contributed by atoms with Crippen LogP contribution in [0.3, 0.4) is 0 Å². The van der Waals surface area contributed by atoms with E-state index in [2.05, 4.69) is 20.9 Å². The van der Waals surface area contributed by atoms with Crippen molar-refractivity contribution in [3.8, 4) is 17.6 Å². The molecule has 0 unspecified atom stereocenters. The van der Waals surface area contributed by atoms with Gasteiger partial charge >= 0.3 is 5.69 Å². The Morgan fingerprint density at radius 2 is 2.20 bits per heavy atom. The molecule has 2 rings (SSSR count). The lowest BCUT2D eigenvalue weighted by Gasteiger charge is -2.09. The van der Waals surface area contributed by atoms with Crippen LogP contribution in [0.2, 0.25) is 0 Å². The predicted molar refractivity (Wildman–Crippen MR) is 74.6 cm³/mol. The Bertz CT molecular complexity index is 708. The summed E-state index contributed by atoms with van der Waals surface area (Å²) in [5, 5.41) is 19.7. The SMILES string of the molecule is Cc1cc(Br)cc([N+](=O)[O-])c1Oc1ccc(C#N)nc1. The van der Waals surface area contributed by atoms with Crippen LogP contribution in [0, 0.1) is 28.4 Å². The van der Waals surface area contributed by atoms with Gasteiger partial charge in [0.15, 0.2) is 0 Å². The van der Waals surface area contributed by atoms with E-state index in [9.17, 15) is 10.1 Å². The Labute approximate surface area is 122 Å². The minimum Gasteiger partial charge on any atom is -0.448 e. The molecule has 7 heteroatoms. The van der Waals surface area contributed by atoms with Crippen LogP contribution in [0.15, 0.2) is 34.9 Å². The van der Waals surface area contributed by atoms with Crippen LogP contribution in [-0.2, 0) is 0 Å². The lowest BCUT2D eigenvalue weighted by atomic mass is 10.2. The molecule has 0 amide bonds. The van der Waals surface area contributed by atoms with Crippen molar-refractivity contribution in [3.05, 3.63) is 56.3 Å². The van der Waals surface area contributed by atoms with E-state index in [0.717, 1.165) is 0 Å². The monoisotopic (exact) mass is 333 g/mol. The number of nitro benzene ring substituents is 1. The van der Waals surface area contributed by atoms with Gasteiger partial charge in [-0.25, -0.2) is 4.98 Å². The number of benzene rings is 1. The van der Waals surface area contributed by atoms with Gasteiger partial charge in [0.2, 0.25) is 5.75 Å². The summed E-state index contributed by atoms with van der Waals surface area (Å²) in [6.07, 6.45) is 1.35. The van der Waals surface area contributed by atoms with Crippen molar-refractivity contribution in [3.63, 3.8) is 0 Å². The number of hydrogen-bond donors (Lipinski definition) is 0. The van der Waals surface area contributed by atoms with Crippen molar-refractivity contribution in [2.24, 2.45) is 0 Å². The van der Waals surface area contributed by atoms with Gasteiger partial charge in [0.05, 0.1) is 11.1 Å². The molecule has 0 atom stereocenters. The zero-order valence-electron chi connectivity index (χ0n) is 10.3. The predicted octanol–water partition coefficient (Wildman–Crippen LogP) is 3.72. The Morgan fingerprint density at radius 3 is 2.75 bits per heavy atom. The maximum Gasteiger partial charge on any atom is 0.312 e. The molecule has 1 heterocycles. The molecule has 0 aliphatic carbocycles. The molecule has 0 spiro atoms. The molecular weight excluding hydrogens is 326 g/mol. The molecule has 0 fully saturated rings. The zero-order chi connectivity index (χ0) is 14.7. The van der Waals surface area contributed by atoms with E-state index < -0.39 is 4.92 Å².